The van der Waals surface area contributed by atoms with Crippen LogP contribution in [0.1, 0.15) is 62.1 Å². The number of aryl methyl sites for hydroxylation is 1. The summed E-state index contributed by atoms with van der Waals surface area (Å²) in [5.41, 5.74) is 0.760. The van der Waals surface area contributed by atoms with E-state index in [1.165, 1.54) is 0 Å². The highest BCUT2D eigenvalue weighted by atomic mass is 16.2. The first-order valence-electron chi connectivity index (χ1n) is 7.72. The predicted octanol–water partition coefficient (Wildman–Crippen LogP) is 2.57. The van der Waals surface area contributed by atoms with Crippen LogP contribution in [0.15, 0.2) is 6.07 Å². The van der Waals surface area contributed by atoms with Crippen molar-refractivity contribution >= 4 is 5.91 Å². The summed E-state index contributed by atoms with van der Waals surface area (Å²) in [6, 6.07) is 4.15. The SMILES string of the molecule is CC(C)Cc1cc(C(=O)NC2(C#N)CCCCC2)n(C)n1. The van der Waals surface area contributed by atoms with Crippen LogP contribution in [0, 0.1) is 17.2 Å². The molecule has 0 atom stereocenters. The Morgan fingerprint density at radius 2 is 2.14 bits per heavy atom. The number of hydrogen-bond acceptors (Lipinski definition) is 3. The van der Waals surface area contributed by atoms with E-state index in [2.05, 4.69) is 30.3 Å². The number of carbonyl (C=O) groups is 1. The van der Waals surface area contributed by atoms with Gasteiger partial charge in [0.15, 0.2) is 0 Å². The number of hydrogen-bond donors (Lipinski definition) is 1. The number of nitrogens with one attached hydrogen (secondary N) is 1. The molecule has 0 unspecified atom stereocenters. The van der Waals surface area contributed by atoms with E-state index < -0.39 is 5.54 Å². The minimum absolute atomic E-state index is 0.191. The number of amides is 1. The van der Waals surface area contributed by atoms with Crippen molar-refractivity contribution in [1.82, 2.24) is 15.1 Å². The fraction of sp³-hybridized carbons (Fsp3) is 0.688. The first kappa shape index (κ1) is 15.6. The Labute approximate surface area is 126 Å². The Morgan fingerprint density at radius 3 is 2.71 bits per heavy atom. The average Bonchev–Trinajstić information content (AvgIpc) is 2.79. The predicted molar refractivity (Wildman–Crippen MR) is 80.6 cm³/mol. The van der Waals surface area contributed by atoms with Crippen molar-refractivity contribution in [1.29, 1.82) is 5.26 Å². The van der Waals surface area contributed by atoms with Gasteiger partial charge in [-0.3, -0.25) is 9.48 Å². The van der Waals surface area contributed by atoms with Crippen molar-refractivity contribution in [3.8, 4) is 6.07 Å². The Kier molecular flexibility index (Phi) is 4.66. The van der Waals surface area contributed by atoms with E-state index in [0.717, 1.165) is 44.2 Å². The number of nitrogens with zero attached hydrogens (tertiary/aromatic N) is 3. The molecule has 1 aliphatic carbocycles. The molecule has 1 saturated carbocycles. The number of rotatable bonds is 4. The summed E-state index contributed by atoms with van der Waals surface area (Å²) >= 11 is 0. The van der Waals surface area contributed by atoms with Gasteiger partial charge in [-0.2, -0.15) is 10.4 Å². The Morgan fingerprint density at radius 1 is 1.48 bits per heavy atom. The van der Waals surface area contributed by atoms with E-state index in [4.69, 9.17) is 0 Å². The Hall–Kier alpha value is -1.83. The van der Waals surface area contributed by atoms with Crippen LogP contribution in [0.4, 0.5) is 0 Å². The van der Waals surface area contributed by atoms with Gasteiger partial charge in [-0.1, -0.05) is 33.1 Å². The Balaban J connectivity index is 2.13. The first-order valence-corrected chi connectivity index (χ1v) is 7.72. The molecule has 1 aromatic rings. The van der Waals surface area contributed by atoms with Crippen LogP contribution in [-0.2, 0) is 13.5 Å². The summed E-state index contributed by atoms with van der Waals surface area (Å²) in [6.45, 7) is 4.25. The molecule has 0 radical (unpaired) electrons. The standard InChI is InChI=1S/C16H24N4O/c1-12(2)9-13-10-14(20(3)19-13)15(21)18-16(11-17)7-5-4-6-8-16/h10,12H,4-9H2,1-3H3,(H,18,21). The lowest BCUT2D eigenvalue weighted by Gasteiger charge is -2.31. The first-order chi connectivity index (χ1) is 9.96. The largest absolute Gasteiger partial charge is 0.332 e. The van der Waals surface area contributed by atoms with Crippen molar-refractivity contribution in [3.63, 3.8) is 0 Å². The molecule has 0 aliphatic heterocycles. The highest BCUT2D eigenvalue weighted by molar-refractivity contribution is 5.93. The van der Waals surface area contributed by atoms with Crippen LogP contribution in [0.25, 0.3) is 0 Å². The molecule has 1 fully saturated rings. The molecule has 114 valence electrons. The minimum Gasteiger partial charge on any atom is -0.332 e. The third kappa shape index (κ3) is 3.63. The lowest BCUT2D eigenvalue weighted by molar-refractivity contribution is 0.0893. The van der Waals surface area contributed by atoms with Crippen molar-refractivity contribution < 1.29 is 4.79 Å². The van der Waals surface area contributed by atoms with Gasteiger partial charge in [0.1, 0.15) is 11.2 Å². The summed E-state index contributed by atoms with van der Waals surface area (Å²) in [5.74, 6) is 0.308. The molecular weight excluding hydrogens is 264 g/mol. The molecular formula is C16H24N4O. The monoisotopic (exact) mass is 288 g/mol. The van der Waals surface area contributed by atoms with Crippen LogP contribution in [0.3, 0.4) is 0 Å². The van der Waals surface area contributed by atoms with E-state index in [0.29, 0.717) is 11.6 Å². The number of nitriles is 1. The highest BCUT2D eigenvalue weighted by Crippen LogP contribution is 2.27. The molecule has 2 rings (SSSR count). The van der Waals surface area contributed by atoms with E-state index in [1.807, 2.05) is 6.07 Å². The summed E-state index contributed by atoms with van der Waals surface area (Å²) < 4.78 is 1.61. The van der Waals surface area contributed by atoms with Crippen LogP contribution >= 0.6 is 0 Å². The minimum atomic E-state index is -0.697. The van der Waals surface area contributed by atoms with Crippen LogP contribution in [0.2, 0.25) is 0 Å². The summed E-state index contributed by atoms with van der Waals surface area (Å²) in [5, 5.41) is 16.8. The van der Waals surface area contributed by atoms with Crippen LogP contribution in [-0.4, -0.2) is 21.2 Å². The Bertz CT molecular complexity index is 547. The van der Waals surface area contributed by atoms with E-state index in [1.54, 1.807) is 11.7 Å². The second-order valence-corrected chi connectivity index (χ2v) is 6.45. The van der Waals surface area contributed by atoms with Gasteiger partial charge in [-0.05, 0) is 31.2 Å². The molecule has 1 aromatic heterocycles. The molecule has 21 heavy (non-hydrogen) atoms. The normalized spacial score (nSPS) is 17.5. The van der Waals surface area contributed by atoms with Gasteiger partial charge in [0.25, 0.3) is 5.91 Å². The fourth-order valence-corrected chi connectivity index (χ4v) is 2.96. The van der Waals surface area contributed by atoms with E-state index in [-0.39, 0.29) is 5.91 Å². The van der Waals surface area contributed by atoms with Gasteiger partial charge in [0.2, 0.25) is 0 Å². The topological polar surface area (TPSA) is 70.7 Å². The average molecular weight is 288 g/mol. The summed E-state index contributed by atoms with van der Waals surface area (Å²) in [6.07, 6.45) is 5.47. The van der Waals surface area contributed by atoms with Crippen molar-refractivity contribution in [2.75, 3.05) is 0 Å². The molecule has 1 aliphatic rings. The molecule has 0 aromatic carbocycles. The molecule has 0 bridgehead atoms. The smallest absolute Gasteiger partial charge is 0.270 e. The van der Waals surface area contributed by atoms with Gasteiger partial charge in [0, 0.05) is 7.05 Å². The van der Waals surface area contributed by atoms with Crippen molar-refractivity contribution in [3.05, 3.63) is 17.5 Å². The van der Waals surface area contributed by atoms with Gasteiger partial charge < -0.3 is 5.32 Å². The van der Waals surface area contributed by atoms with E-state index in [9.17, 15) is 10.1 Å². The maximum atomic E-state index is 12.5. The summed E-state index contributed by atoms with van der Waals surface area (Å²) in [4.78, 5) is 12.5. The second-order valence-electron chi connectivity index (χ2n) is 6.45. The molecule has 1 amide bonds. The quantitative estimate of drug-likeness (QED) is 0.925. The van der Waals surface area contributed by atoms with Crippen molar-refractivity contribution in [2.45, 2.75) is 57.9 Å². The molecule has 0 saturated heterocycles. The van der Waals surface area contributed by atoms with E-state index >= 15 is 0 Å². The van der Waals surface area contributed by atoms with Gasteiger partial charge >= 0.3 is 0 Å². The number of aromatic nitrogens is 2. The zero-order valence-corrected chi connectivity index (χ0v) is 13.1. The lowest BCUT2D eigenvalue weighted by atomic mass is 9.83. The van der Waals surface area contributed by atoms with Crippen molar-refractivity contribution in [2.24, 2.45) is 13.0 Å². The third-order valence-corrected chi connectivity index (χ3v) is 4.05. The maximum absolute atomic E-state index is 12.5. The number of carbonyl (C=O) groups excluding carboxylic acids is 1. The van der Waals surface area contributed by atoms with Gasteiger partial charge in [0.05, 0.1) is 11.8 Å². The lowest BCUT2D eigenvalue weighted by Crippen LogP contribution is -2.49. The second kappa shape index (κ2) is 6.30. The van der Waals surface area contributed by atoms with Gasteiger partial charge in [-0.15, -0.1) is 0 Å². The summed E-state index contributed by atoms with van der Waals surface area (Å²) in [7, 11) is 1.78. The zero-order chi connectivity index (χ0) is 15.5. The zero-order valence-electron chi connectivity index (χ0n) is 13.1. The maximum Gasteiger partial charge on any atom is 0.270 e. The molecule has 5 nitrogen and oxygen atoms in total. The van der Waals surface area contributed by atoms with Crippen LogP contribution in [0.5, 0.6) is 0 Å². The third-order valence-electron chi connectivity index (χ3n) is 4.05. The molecule has 5 heteroatoms. The molecule has 1 N–H and O–H groups in total. The molecule has 1 heterocycles. The highest BCUT2D eigenvalue weighted by Gasteiger charge is 2.34. The van der Waals surface area contributed by atoms with Crippen LogP contribution < -0.4 is 5.32 Å². The van der Waals surface area contributed by atoms with Gasteiger partial charge in [-0.25, -0.2) is 0 Å². The molecule has 0 spiro atoms. The fourth-order valence-electron chi connectivity index (χ4n) is 2.96.